The van der Waals surface area contributed by atoms with Crippen molar-refractivity contribution in [1.29, 1.82) is 0 Å². The van der Waals surface area contributed by atoms with Gasteiger partial charge in [0.1, 0.15) is 23.9 Å². The van der Waals surface area contributed by atoms with Gasteiger partial charge in [0.15, 0.2) is 30.9 Å². The van der Waals surface area contributed by atoms with Gasteiger partial charge < -0.3 is 33.2 Å². The molecule has 0 fully saturated rings. The van der Waals surface area contributed by atoms with Crippen molar-refractivity contribution in [1.82, 2.24) is 4.98 Å². The molecular formula is C27H29NO8S. The Labute approximate surface area is 219 Å². The van der Waals surface area contributed by atoms with Gasteiger partial charge in [-0.15, -0.1) is 11.8 Å². The normalized spacial score (nSPS) is 14.6. The third-order valence-electron chi connectivity index (χ3n) is 5.60. The monoisotopic (exact) mass is 527 g/mol. The second-order valence-corrected chi connectivity index (χ2v) is 9.26. The highest BCUT2D eigenvalue weighted by molar-refractivity contribution is 7.99. The Hall–Kier alpha value is -3.47. The highest BCUT2D eigenvalue weighted by atomic mass is 32.2. The number of carbonyl (C=O) groups is 1. The van der Waals surface area contributed by atoms with Crippen LogP contribution < -0.4 is 23.7 Å². The van der Waals surface area contributed by atoms with Crippen LogP contribution in [0.3, 0.4) is 0 Å². The molecule has 10 heteroatoms. The van der Waals surface area contributed by atoms with Crippen molar-refractivity contribution < 1.29 is 38.0 Å². The second-order valence-electron chi connectivity index (χ2n) is 8.02. The topological polar surface area (TPSA) is 94.6 Å². The highest BCUT2D eigenvalue weighted by Gasteiger charge is 2.31. The smallest absolute Gasteiger partial charge is 0.188 e. The predicted molar refractivity (Wildman–Crippen MR) is 137 cm³/mol. The molecule has 1 unspecified atom stereocenters. The SMILES string of the molecule is COCOc1cc(OCOC)c2c(c1)SC(c1ccc(OC)c(OCc3ccc(OC)cn3)c1)CC2=O. The molecule has 0 spiro atoms. The summed E-state index contributed by atoms with van der Waals surface area (Å²) in [4.78, 5) is 18.4. The summed E-state index contributed by atoms with van der Waals surface area (Å²) in [5, 5.41) is -0.139. The molecule has 0 N–H and O–H groups in total. The first-order chi connectivity index (χ1) is 18.1. The van der Waals surface area contributed by atoms with Gasteiger partial charge in [-0.05, 0) is 35.9 Å². The van der Waals surface area contributed by atoms with E-state index >= 15 is 0 Å². The number of benzene rings is 2. The van der Waals surface area contributed by atoms with E-state index in [4.69, 9.17) is 33.2 Å². The molecule has 196 valence electrons. The van der Waals surface area contributed by atoms with Crippen molar-refractivity contribution >= 4 is 17.5 Å². The van der Waals surface area contributed by atoms with Gasteiger partial charge in [-0.3, -0.25) is 9.78 Å². The number of fused-ring (bicyclic) bond motifs is 1. The highest BCUT2D eigenvalue weighted by Crippen LogP contribution is 2.49. The number of pyridine rings is 1. The van der Waals surface area contributed by atoms with Crippen LogP contribution in [0.15, 0.2) is 53.6 Å². The van der Waals surface area contributed by atoms with E-state index < -0.39 is 0 Å². The van der Waals surface area contributed by atoms with Gasteiger partial charge in [0, 0.05) is 36.9 Å². The van der Waals surface area contributed by atoms with E-state index in [9.17, 15) is 4.79 Å². The molecule has 0 aliphatic carbocycles. The van der Waals surface area contributed by atoms with Crippen molar-refractivity contribution in [2.75, 3.05) is 42.0 Å². The minimum atomic E-state index is -0.139. The van der Waals surface area contributed by atoms with Crippen LogP contribution in [-0.4, -0.2) is 52.8 Å². The van der Waals surface area contributed by atoms with Crippen LogP contribution in [0.4, 0.5) is 0 Å². The Morgan fingerprint density at radius 2 is 1.65 bits per heavy atom. The van der Waals surface area contributed by atoms with E-state index in [0.717, 1.165) is 16.2 Å². The Balaban J connectivity index is 1.58. The average Bonchev–Trinajstić information content (AvgIpc) is 2.93. The number of aromatic nitrogens is 1. The first kappa shape index (κ1) is 26.6. The number of methoxy groups -OCH3 is 4. The van der Waals surface area contributed by atoms with E-state index in [1.807, 2.05) is 36.4 Å². The summed E-state index contributed by atoms with van der Waals surface area (Å²) in [5.41, 5.74) is 2.21. The standard InChI is InChI=1S/C27H29NO8S/c1-30-15-35-20-10-24(36-16-31-2)27-21(29)12-25(37-26(27)11-20)17-5-8-22(33-4)23(9-17)34-14-18-6-7-19(32-3)13-28-18/h5-11,13,25H,12,14-16H2,1-4H3. The van der Waals surface area contributed by atoms with Gasteiger partial charge in [0.25, 0.3) is 0 Å². The lowest BCUT2D eigenvalue weighted by Gasteiger charge is -2.26. The van der Waals surface area contributed by atoms with Crippen LogP contribution in [0.25, 0.3) is 0 Å². The zero-order valence-corrected chi connectivity index (χ0v) is 22.0. The fourth-order valence-corrected chi connectivity index (χ4v) is 5.15. The molecular weight excluding hydrogens is 498 g/mol. The van der Waals surface area contributed by atoms with Crippen LogP contribution in [0.1, 0.15) is 33.3 Å². The fraction of sp³-hybridized carbons (Fsp3) is 0.333. The molecule has 9 nitrogen and oxygen atoms in total. The molecule has 1 aliphatic heterocycles. The second kappa shape index (κ2) is 12.7. The minimum Gasteiger partial charge on any atom is -0.495 e. The Kier molecular flexibility index (Phi) is 9.10. The molecule has 3 aromatic rings. The molecule has 1 aromatic heterocycles. The maximum absolute atomic E-state index is 13.3. The molecule has 2 aromatic carbocycles. The number of carbonyl (C=O) groups excluding carboxylic acids is 1. The number of ether oxygens (including phenoxy) is 7. The summed E-state index contributed by atoms with van der Waals surface area (Å²) < 4.78 is 38.1. The molecule has 4 rings (SSSR count). The number of ketones is 1. The summed E-state index contributed by atoms with van der Waals surface area (Å²) in [5.74, 6) is 2.77. The van der Waals surface area contributed by atoms with E-state index in [-0.39, 0.29) is 31.2 Å². The maximum atomic E-state index is 13.3. The number of hydrogen-bond donors (Lipinski definition) is 0. The van der Waals surface area contributed by atoms with E-state index in [0.29, 0.717) is 40.7 Å². The molecule has 37 heavy (non-hydrogen) atoms. The lowest BCUT2D eigenvalue weighted by Crippen LogP contribution is -2.15. The number of Topliss-reactive ketones (excluding diaryl/α,β-unsaturated/α-hetero) is 1. The molecule has 0 radical (unpaired) electrons. The quantitative estimate of drug-likeness (QED) is 0.297. The zero-order chi connectivity index (χ0) is 26.2. The summed E-state index contributed by atoms with van der Waals surface area (Å²) in [7, 11) is 6.25. The Bertz CT molecular complexity index is 1220. The summed E-state index contributed by atoms with van der Waals surface area (Å²) in [6.07, 6.45) is 1.94. The molecule has 0 saturated heterocycles. The zero-order valence-electron chi connectivity index (χ0n) is 21.1. The van der Waals surface area contributed by atoms with Crippen LogP contribution >= 0.6 is 11.8 Å². The molecule has 0 saturated carbocycles. The lowest BCUT2D eigenvalue weighted by molar-refractivity contribution is 0.0451. The third-order valence-corrected chi connectivity index (χ3v) is 6.90. The van der Waals surface area contributed by atoms with Gasteiger partial charge in [-0.2, -0.15) is 0 Å². The van der Waals surface area contributed by atoms with Crippen LogP contribution in [-0.2, 0) is 16.1 Å². The number of rotatable bonds is 12. The van der Waals surface area contributed by atoms with Crippen molar-refractivity contribution in [2.24, 2.45) is 0 Å². The third kappa shape index (κ3) is 6.46. The van der Waals surface area contributed by atoms with Crippen molar-refractivity contribution in [3.05, 3.63) is 65.5 Å². The van der Waals surface area contributed by atoms with Gasteiger partial charge in [0.2, 0.25) is 0 Å². The van der Waals surface area contributed by atoms with Crippen molar-refractivity contribution in [2.45, 2.75) is 23.2 Å². The van der Waals surface area contributed by atoms with Crippen molar-refractivity contribution in [3.63, 3.8) is 0 Å². The van der Waals surface area contributed by atoms with Gasteiger partial charge in [0.05, 0.1) is 31.7 Å². The summed E-state index contributed by atoms with van der Waals surface area (Å²) in [6.45, 7) is 0.348. The van der Waals surface area contributed by atoms with Gasteiger partial charge in [-0.25, -0.2) is 0 Å². The minimum absolute atomic E-state index is 0.0176. The largest absolute Gasteiger partial charge is 0.495 e. The number of hydrogen-bond acceptors (Lipinski definition) is 10. The number of thioether (sulfide) groups is 1. The van der Waals surface area contributed by atoms with Crippen LogP contribution in [0.5, 0.6) is 28.7 Å². The van der Waals surface area contributed by atoms with E-state index in [1.165, 1.54) is 7.11 Å². The van der Waals surface area contributed by atoms with Crippen LogP contribution in [0.2, 0.25) is 0 Å². The van der Waals surface area contributed by atoms with Gasteiger partial charge in [-0.1, -0.05) is 6.07 Å². The average molecular weight is 528 g/mol. The summed E-state index contributed by atoms with van der Waals surface area (Å²) in [6, 6.07) is 12.9. The first-order valence-corrected chi connectivity index (χ1v) is 12.3. The lowest BCUT2D eigenvalue weighted by atomic mass is 10.00. The van der Waals surface area contributed by atoms with Crippen LogP contribution in [0, 0.1) is 0 Å². The molecule has 0 amide bonds. The van der Waals surface area contributed by atoms with E-state index in [1.54, 1.807) is 45.4 Å². The molecule has 2 heterocycles. The molecule has 1 atom stereocenters. The Morgan fingerprint density at radius 1 is 0.838 bits per heavy atom. The maximum Gasteiger partial charge on any atom is 0.188 e. The van der Waals surface area contributed by atoms with Gasteiger partial charge >= 0.3 is 0 Å². The number of nitrogens with zero attached hydrogens (tertiary/aromatic N) is 1. The Morgan fingerprint density at radius 3 is 2.35 bits per heavy atom. The summed E-state index contributed by atoms with van der Waals surface area (Å²) >= 11 is 1.56. The predicted octanol–water partition coefficient (Wildman–Crippen LogP) is 5.06. The molecule has 0 bridgehead atoms. The first-order valence-electron chi connectivity index (χ1n) is 11.5. The fourth-order valence-electron chi connectivity index (χ4n) is 3.81. The van der Waals surface area contributed by atoms with Crippen molar-refractivity contribution in [3.8, 4) is 28.7 Å². The molecule has 1 aliphatic rings. The van der Waals surface area contributed by atoms with E-state index in [2.05, 4.69) is 4.98 Å².